The highest BCUT2D eigenvalue weighted by Crippen LogP contribution is 2.56. The molecule has 336 valence electrons. The van der Waals surface area contributed by atoms with Crippen molar-refractivity contribution in [1.82, 2.24) is 5.32 Å². The summed E-state index contributed by atoms with van der Waals surface area (Å²) < 4.78 is 19.8. The van der Waals surface area contributed by atoms with Gasteiger partial charge in [-0.2, -0.15) is 0 Å². The first-order valence-corrected chi connectivity index (χ1v) is 23.4. The monoisotopic (exact) mass is 852 g/mol. The van der Waals surface area contributed by atoms with Gasteiger partial charge in [0.05, 0.1) is 19.3 Å². The number of phenolic OH excluding ortho intramolecular Hbond substituents is 2. The number of aliphatic imine (C=N–C) groups is 1. The van der Waals surface area contributed by atoms with Crippen molar-refractivity contribution in [1.29, 1.82) is 0 Å². The third-order valence-electron chi connectivity index (χ3n) is 14.8. The van der Waals surface area contributed by atoms with Gasteiger partial charge in [-0.15, -0.1) is 0 Å². The summed E-state index contributed by atoms with van der Waals surface area (Å²) in [5, 5.41) is 59.6. The Kier molecular flexibility index (Phi) is 13.6. The molecule has 62 heavy (non-hydrogen) atoms. The molecule has 0 radical (unpaired) electrons. The number of aliphatic hydroxyl groups excluding tert-OH is 3. The molecule has 11 heteroatoms. The van der Waals surface area contributed by atoms with E-state index in [1.807, 2.05) is 12.1 Å². The minimum absolute atomic E-state index is 0.00498. The summed E-state index contributed by atoms with van der Waals surface area (Å²) in [4.78, 5) is 4.56. The lowest BCUT2D eigenvalue weighted by Crippen LogP contribution is -2.41. The van der Waals surface area contributed by atoms with Crippen molar-refractivity contribution in [2.75, 3.05) is 26.8 Å². The number of methoxy groups -OCH3 is 1. The molecule has 8 N–H and O–H groups in total. The number of aromatic hydroxyl groups is 2. The van der Waals surface area contributed by atoms with Crippen LogP contribution in [-0.4, -0.2) is 76.6 Å². The van der Waals surface area contributed by atoms with Crippen LogP contribution in [0.3, 0.4) is 0 Å². The van der Waals surface area contributed by atoms with Crippen molar-refractivity contribution in [3.63, 3.8) is 0 Å². The summed E-state index contributed by atoms with van der Waals surface area (Å²) in [6.07, 6.45) is 11.4. The molecule has 5 aliphatic heterocycles. The van der Waals surface area contributed by atoms with Crippen LogP contribution in [0.2, 0.25) is 0 Å². The summed E-state index contributed by atoms with van der Waals surface area (Å²) in [5.74, 6) is 3.58. The standard InChI is InChI=1S/C51H69N3O8/c1-5-29-19-31-12-11-30(29)20-36(56)9-7-16-53-51(52)54-17-15-37-33(27-55)8-6-10-44(37)61-46-24-32(13-14-41(46)57)50-43(59)25-40-45(62-50)26-47(60-4)49-39-22-35(18-28(2)3)42(58)23-34(39)21-38(31)48(40)49/h11-14,22-24,26,28-31,33,36-38,43-44,50,55-59H,5-10,15-21,25,27H2,1-4H3,(H3,52,53,54)/t29-,30+,31+,33+,36+,37-,38+,43+,44+,50-/m0/s1. The molecule has 3 aliphatic carbocycles. The van der Waals surface area contributed by atoms with Crippen molar-refractivity contribution in [3.8, 4) is 39.9 Å². The van der Waals surface area contributed by atoms with E-state index in [1.54, 1.807) is 25.3 Å². The number of hydrogen-bond donors (Lipinski definition) is 7. The van der Waals surface area contributed by atoms with Crippen molar-refractivity contribution in [2.24, 2.45) is 46.2 Å². The zero-order valence-electron chi connectivity index (χ0n) is 37.1. The highest BCUT2D eigenvalue weighted by molar-refractivity contribution is 5.84. The van der Waals surface area contributed by atoms with Crippen LogP contribution in [0.4, 0.5) is 0 Å². The summed E-state index contributed by atoms with van der Waals surface area (Å²) >= 11 is 0. The number of nitrogens with one attached hydrogen (secondary N) is 1. The molecule has 1 saturated carbocycles. The number of nitrogens with zero attached hydrogens (tertiary/aromatic N) is 1. The van der Waals surface area contributed by atoms with Gasteiger partial charge in [-0.05, 0) is 152 Å². The quantitative estimate of drug-likeness (QED) is 0.125. The Morgan fingerprint density at radius 2 is 1.73 bits per heavy atom. The van der Waals surface area contributed by atoms with E-state index >= 15 is 0 Å². The number of hydrogen-bond acceptors (Lipinski definition) is 11. The second-order valence-electron chi connectivity index (χ2n) is 19.3. The van der Waals surface area contributed by atoms with E-state index in [2.05, 4.69) is 49.3 Å². The molecule has 0 unspecified atom stereocenters. The van der Waals surface area contributed by atoms with Crippen LogP contribution in [-0.2, 0) is 19.3 Å². The number of fused-ring (bicyclic) bond motifs is 2. The van der Waals surface area contributed by atoms with Gasteiger partial charge in [0.2, 0.25) is 0 Å². The van der Waals surface area contributed by atoms with Crippen LogP contribution in [0, 0.1) is 35.5 Å². The maximum Gasteiger partial charge on any atom is 0.188 e. The van der Waals surface area contributed by atoms with Gasteiger partial charge < -0.3 is 50.8 Å². The number of guanidine groups is 1. The van der Waals surface area contributed by atoms with E-state index in [0.717, 1.165) is 78.3 Å². The lowest BCUT2D eigenvalue weighted by atomic mass is 9.64. The first kappa shape index (κ1) is 44.2. The number of allylic oxidation sites excluding steroid dienone is 2. The van der Waals surface area contributed by atoms with Crippen molar-refractivity contribution in [2.45, 2.75) is 128 Å². The van der Waals surface area contributed by atoms with E-state index in [0.29, 0.717) is 91.6 Å². The fourth-order valence-electron chi connectivity index (χ4n) is 11.6. The van der Waals surface area contributed by atoms with Gasteiger partial charge >= 0.3 is 0 Å². The molecular formula is C51H69N3O8. The first-order valence-electron chi connectivity index (χ1n) is 23.4. The van der Waals surface area contributed by atoms with E-state index in [-0.39, 0.29) is 48.0 Å². The van der Waals surface area contributed by atoms with Gasteiger partial charge in [-0.1, -0.05) is 45.4 Å². The van der Waals surface area contributed by atoms with E-state index in [9.17, 15) is 25.5 Å². The predicted molar refractivity (Wildman–Crippen MR) is 242 cm³/mol. The van der Waals surface area contributed by atoms with Gasteiger partial charge in [-0.25, -0.2) is 0 Å². The number of ether oxygens (including phenoxy) is 3. The van der Waals surface area contributed by atoms with Crippen LogP contribution in [0.25, 0.3) is 11.1 Å². The highest BCUT2D eigenvalue weighted by Gasteiger charge is 2.42. The molecule has 8 bridgehead atoms. The Balaban J connectivity index is 1.22. The molecular weight excluding hydrogens is 783 g/mol. The molecule has 3 aromatic carbocycles. The fourth-order valence-corrected chi connectivity index (χ4v) is 11.6. The molecule has 0 saturated heterocycles. The molecule has 3 aromatic rings. The topological polar surface area (TPSA) is 179 Å². The minimum Gasteiger partial charge on any atom is -0.508 e. The van der Waals surface area contributed by atoms with Crippen LogP contribution < -0.4 is 25.3 Å². The molecule has 0 spiro atoms. The summed E-state index contributed by atoms with van der Waals surface area (Å²) in [5.41, 5.74) is 13.2. The molecule has 0 amide bonds. The first-order chi connectivity index (χ1) is 30.0. The van der Waals surface area contributed by atoms with Gasteiger partial charge in [0.15, 0.2) is 17.5 Å². The van der Waals surface area contributed by atoms with Gasteiger partial charge in [0.25, 0.3) is 0 Å². The second-order valence-corrected chi connectivity index (χ2v) is 19.3. The van der Waals surface area contributed by atoms with Crippen LogP contribution in [0.15, 0.2) is 53.5 Å². The summed E-state index contributed by atoms with van der Waals surface area (Å²) in [7, 11) is 1.70. The molecule has 8 aliphatic rings. The minimum atomic E-state index is -0.898. The zero-order chi connectivity index (χ0) is 43.7. The fraction of sp³-hybridized carbons (Fsp3) is 0.588. The largest absolute Gasteiger partial charge is 0.508 e. The van der Waals surface area contributed by atoms with Crippen molar-refractivity contribution < 1.29 is 39.7 Å². The Hall–Kier alpha value is -4.45. The maximum absolute atomic E-state index is 12.2. The number of aliphatic hydroxyl groups is 3. The van der Waals surface area contributed by atoms with Crippen LogP contribution in [0.1, 0.15) is 118 Å². The molecule has 5 heterocycles. The van der Waals surface area contributed by atoms with Gasteiger partial charge in [-0.3, -0.25) is 4.99 Å². The molecule has 10 atom stereocenters. The van der Waals surface area contributed by atoms with Crippen LogP contribution in [0.5, 0.6) is 28.7 Å². The lowest BCUT2D eigenvalue weighted by Gasteiger charge is -2.42. The normalized spacial score (nSPS) is 30.0. The average Bonchev–Trinajstić information content (AvgIpc) is 3.25. The van der Waals surface area contributed by atoms with E-state index < -0.39 is 18.3 Å². The Morgan fingerprint density at radius 3 is 2.50 bits per heavy atom. The third kappa shape index (κ3) is 9.13. The van der Waals surface area contributed by atoms with Gasteiger partial charge in [0.1, 0.15) is 29.5 Å². The molecule has 0 aromatic heterocycles. The van der Waals surface area contributed by atoms with E-state index in [4.69, 9.17) is 19.9 Å². The SMILES string of the molecule is CC[C@H]1C[C@H]2C=C[C@@H]1C[C@H](O)CCCN=C(N)NCC[C@H]1[C@@H](CO)CCC[C@H]1Oc1cc(ccc1O)[C@@H]1Oc3cc(OC)c4c(c3C[C@H]1O)[C@@H]2Cc1cc(O)c(CC(C)C)cc1-4. The number of rotatable bonds is 5. The zero-order valence-corrected chi connectivity index (χ0v) is 37.1. The van der Waals surface area contributed by atoms with Crippen molar-refractivity contribution >= 4 is 5.96 Å². The maximum atomic E-state index is 12.2. The molecule has 1 fully saturated rings. The van der Waals surface area contributed by atoms with Crippen molar-refractivity contribution in [3.05, 3.63) is 76.4 Å². The number of benzene rings is 3. The second kappa shape index (κ2) is 19.1. The smallest absolute Gasteiger partial charge is 0.188 e. The van der Waals surface area contributed by atoms with Gasteiger partial charge in [0, 0.05) is 49.2 Å². The predicted octanol–water partition coefficient (Wildman–Crippen LogP) is 7.86. The summed E-state index contributed by atoms with van der Waals surface area (Å²) in [6.45, 7) is 7.68. The highest BCUT2D eigenvalue weighted by atomic mass is 16.5. The third-order valence-corrected chi connectivity index (χ3v) is 14.8. The molecule has 11 rings (SSSR count). The van der Waals surface area contributed by atoms with E-state index in [1.165, 1.54) is 0 Å². The molecule has 11 nitrogen and oxygen atoms in total. The number of phenols is 2. The van der Waals surface area contributed by atoms with Crippen LogP contribution >= 0.6 is 0 Å². The number of nitrogens with two attached hydrogens (primary N) is 1. The lowest BCUT2D eigenvalue weighted by molar-refractivity contribution is 0.0166. The summed E-state index contributed by atoms with van der Waals surface area (Å²) in [6, 6.07) is 11.3. The average molecular weight is 852 g/mol. The Morgan fingerprint density at radius 1 is 0.903 bits per heavy atom. The Labute approximate surface area is 367 Å². The Bertz CT molecular complexity index is 2120.